The molecule has 1 aromatic carbocycles. The van der Waals surface area contributed by atoms with Crippen molar-refractivity contribution in [2.45, 2.75) is 18.9 Å². The zero-order chi connectivity index (χ0) is 16.6. The lowest BCUT2D eigenvalue weighted by Crippen LogP contribution is -2.19. The second-order valence-electron chi connectivity index (χ2n) is 6.39. The first-order valence-corrected chi connectivity index (χ1v) is 8.42. The number of hydrogen-bond donors (Lipinski definition) is 0. The number of likely N-dealkylation sites (tertiary alicyclic amines) is 1. The van der Waals surface area contributed by atoms with Crippen LogP contribution >= 0.6 is 0 Å². The summed E-state index contributed by atoms with van der Waals surface area (Å²) in [6.45, 7) is 2.67. The van der Waals surface area contributed by atoms with Crippen molar-refractivity contribution >= 4 is 11.0 Å². The van der Waals surface area contributed by atoms with Gasteiger partial charge in [-0.3, -0.25) is 4.90 Å². The van der Waals surface area contributed by atoms with E-state index in [1.54, 1.807) is 6.26 Å². The minimum atomic E-state index is 0.251. The van der Waals surface area contributed by atoms with Crippen LogP contribution < -0.4 is 0 Å². The maximum atomic E-state index is 5.92. The average molecular weight is 335 g/mol. The van der Waals surface area contributed by atoms with Crippen molar-refractivity contribution in [2.75, 3.05) is 13.1 Å². The molecule has 6 heteroatoms. The van der Waals surface area contributed by atoms with Gasteiger partial charge in [0.25, 0.3) is 5.89 Å². The standard InChI is InChI=1S/C19H17N3O3/c1-2-5-16-13(4-1)10-15(24-16)12-22-8-7-14(11-22)18-20-21-19(25-18)17-6-3-9-23-17/h1-6,9-10,14H,7-8,11-12H2. The molecule has 126 valence electrons. The van der Waals surface area contributed by atoms with Crippen molar-refractivity contribution < 1.29 is 13.3 Å². The Kier molecular flexibility index (Phi) is 3.41. The zero-order valence-corrected chi connectivity index (χ0v) is 13.6. The Balaban J connectivity index is 1.28. The molecule has 0 N–H and O–H groups in total. The fraction of sp³-hybridized carbons (Fsp3) is 0.263. The molecular weight excluding hydrogens is 318 g/mol. The van der Waals surface area contributed by atoms with Crippen LogP contribution in [0.4, 0.5) is 0 Å². The summed E-state index contributed by atoms with van der Waals surface area (Å²) in [7, 11) is 0. The van der Waals surface area contributed by atoms with Crippen LogP contribution in [0.2, 0.25) is 0 Å². The Bertz CT molecular complexity index is 953. The predicted molar refractivity (Wildman–Crippen MR) is 90.8 cm³/mol. The monoisotopic (exact) mass is 335 g/mol. The third-order valence-corrected chi connectivity index (χ3v) is 4.65. The molecular formula is C19H17N3O3. The highest BCUT2D eigenvalue weighted by Crippen LogP contribution is 2.30. The normalized spacial score (nSPS) is 18.3. The highest BCUT2D eigenvalue weighted by Gasteiger charge is 2.29. The lowest BCUT2D eigenvalue weighted by atomic mass is 10.1. The molecule has 1 saturated heterocycles. The Morgan fingerprint density at radius 1 is 1.08 bits per heavy atom. The maximum absolute atomic E-state index is 5.92. The van der Waals surface area contributed by atoms with E-state index in [0.717, 1.165) is 42.8 Å². The number of furan rings is 2. The fourth-order valence-electron chi connectivity index (χ4n) is 3.41. The van der Waals surface area contributed by atoms with Gasteiger partial charge in [0.2, 0.25) is 5.89 Å². The summed E-state index contributed by atoms with van der Waals surface area (Å²) in [5.74, 6) is 2.97. The number of aromatic nitrogens is 2. The number of nitrogens with zero attached hydrogens (tertiary/aromatic N) is 3. The van der Waals surface area contributed by atoms with Gasteiger partial charge in [-0.15, -0.1) is 10.2 Å². The third kappa shape index (κ3) is 2.74. The summed E-state index contributed by atoms with van der Waals surface area (Å²) in [4.78, 5) is 2.36. The summed E-state index contributed by atoms with van der Waals surface area (Å²) in [6, 6.07) is 13.8. The molecule has 4 heterocycles. The molecule has 1 atom stereocenters. The van der Waals surface area contributed by atoms with E-state index < -0.39 is 0 Å². The Morgan fingerprint density at radius 3 is 2.92 bits per heavy atom. The molecule has 0 aliphatic carbocycles. The first-order valence-electron chi connectivity index (χ1n) is 8.42. The van der Waals surface area contributed by atoms with E-state index in [1.165, 1.54) is 0 Å². The molecule has 3 aromatic heterocycles. The molecule has 0 saturated carbocycles. The van der Waals surface area contributed by atoms with Gasteiger partial charge in [0.1, 0.15) is 11.3 Å². The highest BCUT2D eigenvalue weighted by atomic mass is 16.4. The van der Waals surface area contributed by atoms with Crippen molar-refractivity contribution in [3.05, 3.63) is 60.4 Å². The number of rotatable bonds is 4. The van der Waals surface area contributed by atoms with E-state index in [9.17, 15) is 0 Å². The van der Waals surface area contributed by atoms with Crippen molar-refractivity contribution in [3.63, 3.8) is 0 Å². The molecule has 25 heavy (non-hydrogen) atoms. The molecule has 6 nitrogen and oxygen atoms in total. The number of hydrogen-bond acceptors (Lipinski definition) is 6. The molecule has 1 aliphatic heterocycles. The second-order valence-corrected chi connectivity index (χ2v) is 6.39. The lowest BCUT2D eigenvalue weighted by molar-refractivity contribution is 0.293. The van der Waals surface area contributed by atoms with Crippen molar-refractivity contribution in [1.82, 2.24) is 15.1 Å². The summed E-state index contributed by atoms with van der Waals surface area (Å²) in [5, 5.41) is 9.44. The lowest BCUT2D eigenvalue weighted by Gasteiger charge is -2.12. The van der Waals surface area contributed by atoms with Crippen LogP contribution in [0.25, 0.3) is 22.6 Å². The predicted octanol–water partition coefficient (Wildman–Crippen LogP) is 4.07. The third-order valence-electron chi connectivity index (χ3n) is 4.65. The molecule has 0 amide bonds. The quantitative estimate of drug-likeness (QED) is 0.560. The molecule has 1 unspecified atom stereocenters. The molecule has 5 rings (SSSR count). The van der Waals surface area contributed by atoms with Gasteiger partial charge in [-0.2, -0.15) is 0 Å². The van der Waals surface area contributed by atoms with E-state index in [-0.39, 0.29) is 5.92 Å². The molecule has 1 aliphatic rings. The number of fused-ring (bicyclic) bond motifs is 1. The van der Waals surface area contributed by atoms with Gasteiger partial charge in [-0.05, 0) is 37.2 Å². The Morgan fingerprint density at radius 2 is 2.04 bits per heavy atom. The van der Waals surface area contributed by atoms with Gasteiger partial charge in [0.05, 0.1) is 18.7 Å². The van der Waals surface area contributed by atoms with Crippen LogP contribution in [0, 0.1) is 0 Å². The minimum Gasteiger partial charge on any atom is -0.460 e. The Hall–Kier alpha value is -2.86. The smallest absolute Gasteiger partial charge is 0.283 e. The van der Waals surface area contributed by atoms with Crippen LogP contribution in [0.1, 0.15) is 24.0 Å². The van der Waals surface area contributed by atoms with Crippen molar-refractivity contribution in [3.8, 4) is 11.7 Å². The first kappa shape index (κ1) is 14.5. The summed E-state index contributed by atoms with van der Waals surface area (Å²) >= 11 is 0. The van der Waals surface area contributed by atoms with Crippen LogP contribution in [0.15, 0.2) is 62.0 Å². The minimum absolute atomic E-state index is 0.251. The van der Waals surface area contributed by atoms with E-state index in [2.05, 4.69) is 27.2 Å². The Labute approximate surface area is 144 Å². The van der Waals surface area contributed by atoms with Crippen molar-refractivity contribution in [1.29, 1.82) is 0 Å². The topological polar surface area (TPSA) is 68.4 Å². The molecule has 0 bridgehead atoms. The summed E-state index contributed by atoms with van der Waals surface area (Å²) < 4.78 is 17.0. The van der Waals surface area contributed by atoms with Crippen molar-refractivity contribution in [2.24, 2.45) is 0 Å². The van der Waals surface area contributed by atoms with Crippen LogP contribution in [0.5, 0.6) is 0 Å². The van der Waals surface area contributed by atoms with Crippen LogP contribution in [-0.2, 0) is 6.54 Å². The van der Waals surface area contributed by atoms with Gasteiger partial charge in [-0.1, -0.05) is 18.2 Å². The molecule has 0 radical (unpaired) electrons. The fourth-order valence-corrected chi connectivity index (χ4v) is 3.41. The van der Waals surface area contributed by atoms with E-state index in [1.807, 2.05) is 30.3 Å². The van der Waals surface area contributed by atoms with Gasteiger partial charge < -0.3 is 13.3 Å². The maximum Gasteiger partial charge on any atom is 0.283 e. The molecule has 0 spiro atoms. The van der Waals surface area contributed by atoms with Gasteiger partial charge in [0.15, 0.2) is 5.76 Å². The largest absolute Gasteiger partial charge is 0.460 e. The van der Waals surface area contributed by atoms with E-state index in [4.69, 9.17) is 13.3 Å². The van der Waals surface area contributed by atoms with Crippen LogP contribution in [0.3, 0.4) is 0 Å². The molecule has 4 aromatic rings. The SMILES string of the molecule is c1coc(-c2nnc(C3CCN(Cc4cc5ccccc5o4)C3)o2)c1. The number of benzene rings is 1. The average Bonchev–Trinajstić information content (AvgIpc) is 3.39. The van der Waals surface area contributed by atoms with Gasteiger partial charge in [0, 0.05) is 11.9 Å². The summed E-state index contributed by atoms with van der Waals surface area (Å²) in [5.41, 5.74) is 0.938. The highest BCUT2D eigenvalue weighted by molar-refractivity contribution is 5.77. The van der Waals surface area contributed by atoms with E-state index >= 15 is 0 Å². The van der Waals surface area contributed by atoms with Crippen LogP contribution in [-0.4, -0.2) is 28.2 Å². The van der Waals surface area contributed by atoms with Gasteiger partial charge >= 0.3 is 0 Å². The van der Waals surface area contributed by atoms with Gasteiger partial charge in [-0.25, -0.2) is 0 Å². The van der Waals surface area contributed by atoms with E-state index in [0.29, 0.717) is 17.5 Å². The number of para-hydroxylation sites is 1. The second kappa shape index (κ2) is 5.89. The first-order chi connectivity index (χ1) is 12.3. The molecule has 1 fully saturated rings. The zero-order valence-electron chi connectivity index (χ0n) is 13.6. The summed E-state index contributed by atoms with van der Waals surface area (Å²) in [6.07, 6.45) is 2.60.